The fraction of sp³-hybridized carbons (Fsp3) is 0.667. The first-order chi connectivity index (χ1) is 8.95. The molecule has 0 aromatic carbocycles. The van der Waals surface area contributed by atoms with Crippen LogP contribution in [0.2, 0.25) is 0 Å². The van der Waals surface area contributed by atoms with E-state index in [2.05, 4.69) is 4.98 Å². The van der Waals surface area contributed by atoms with Gasteiger partial charge in [0.2, 0.25) is 0 Å². The number of hydrogen-bond acceptors (Lipinski definition) is 4. The largest absolute Gasteiger partial charge is 0.393 e. The van der Waals surface area contributed by atoms with Gasteiger partial charge in [-0.25, -0.2) is 9.18 Å². The molecule has 1 fully saturated rings. The molecule has 6 nitrogen and oxygen atoms in total. The zero-order chi connectivity index (χ0) is 14.2. The maximum atomic E-state index is 14.3. The molecule has 2 heterocycles. The summed E-state index contributed by atoms with van der Waals surface area (Å²) in [6, 6.07) is 1.13. The van der Waals surface area contributed by atoms with Gasteiger partial charge in [0.15, 0.2) is 12.4 Å². The molecule has 2 N–H and O–H groups in total. The minimum absolute atomic E-state index is 0.320. The lowest BCUT2D eigenvalue weighted by atomic mass is 9.86. The Bertz CT molecular complexity index is 563. The van der Waals surface area contributed by atoms with E-state index in [4.69, 9.17) is 4.74 Å². The van der Waals surface area contributed by atoms with Crippen LogP contribution in [0.3, 0.4) is 0 Å². The normalized spacial score (nSPS) is 34.6. The zero-order valence-corrected chi connectivity index (χ0v) is 10.8. The summed E-state index contributed by atoms with van der Waals surface area (Å²) < 4.78 is 20.9. The highest BCUT2D eigenvalue weighted by molar-refractivity contribution is 4.99. The second-order valence-corrected chi connectivity index (χ2v) is 4.84. The molecule has 2 rings (SSSR count). The van der Waals surface area contributed by atoms with Crippen molar-refractivity contribution in [1.29, 1.82) is 0 Å². The molecule has 106 valence electrons. The molecule has 0 spiro atoms. The molecule has 7 heteroatoms. The molecular formula is C12H17FN2O4. The highest BCUT2D eigenvalue weighted by atomic mass is 19.1. The van der Waals surface area contributed by atoms with Gasteiger partial charge in [0.05, 0.1) is 12.2 Å². The number of alkyl halides is 1. The second-order valence-electron chi connectivity index (χ2n) is 4.84. The summed E-state index contributed by atoms with van der Waals surface area (Å²) in [6.07, 6.45) is -0.935. The summed E-state index contributed by atoms with van der Waals surface area (Å²) in [5, 5.41) is 9.45. The third-order valence-electron chi connectivity index (χ3n) is 3.93. The van der Waals surface area contributed by atoms with Gasteiger partial charge in [-0.3, -0.25) is 14.3 Å². The van der Waals surface area contributed by atoms with E-state index < -0.39 is 35.2 Å². The monoisotopic (exact) mass is 272 g/mol. The van der Waals surface area contributed by atoms with Crippen LogP contribution in [0.1, 0.15) is 26.5 Å². The van der Waals surface area contributed by atoms with Crippen LogP contribution in [0.4, 0.5) is 4.39 Å². The highest BCUT2D eigenvalue weighted by Gasteiger charge is 2.52. The maximum absolute atomic E-state index is 14.3. The van der Waals surface area contributed by atoms with Crippen molar-refractivity contribution in [3.63, 3.8) is 0 Å². The molecule has 1 aromatic rings. The second kappa shape index (κ2) is 4.90. The van der Waals surface area contributed by atoms with Crippen LogP contribution in [0.5, 0.6) is 0 Å². The van der Waals surface area contributed by atoms with Crippen molar-refractivity contribution in [3.05, 3.63) is 33.1 Å². The van der Waals surface area contributed by atoms with E-state index in [-0.39, 0.29) is 6.61 Å². The first-order valence-corrected chi connectivity index (χ1v) is 6.19. The molecule has 0 unspecified atom stereocenters. The topological polar surface area (TPSA) is 84.3 Å². The van der Waals surface area contributed by atoms with Gasteiger partial charge >= 0.3 is 5.69 Å². The lowest BCUT2D eigenvalue weighted by Gasteiger charge is -2.29. The van der Waals surface area contributed by atoms with Crippen molar-refractivity contribution < 1.29 is 14.2 Å². The molecule has 0 radical (unpaired) electrons. The summed E-state index contributed by atoms with van der Waals surface area (Å²) in [7, 11) is 0. The third kappa shape index (κ3) is 2.12. The molecule has 1 saturated heterocycles. The van der Waals surface area contributed by atoms with Crippen molar-refractivity contribution in [2.75, 3.05) is 6.61 Å². The van der Waals surface area contributed by atoms with Gasteiger partial charge in [-0.15, -0.1) is 0 Å². The van der Waals surface area contributed by atoms with Crippen molar-refractivity contribution in [1.82, 2.24) is 9.55 Å². The average molecular weight is 272 g/mol. The van der Waals surface area contributed by atoms with E-state index in [0.717, 1.165) is 10.6 Å². The van der Waals surface area contributed by atoms with Gasteiger partial charge in [0.1, 0.15) is 0 Å². The van der Waals surface area contributed by atoms with E-state index in [1.807, 2.05) is 0 Å². The van der Waals surface area contributed by atoms with Crippen molar-refractivity contribution in [2.24, 2.45) is 5.92 Å². The lowest BCUT2D eigenvalue weighted by Crippen LogP contribution is -2.39. The van der Waals surface area contributed by atoms with E-state index in [1.165, 1.54) is 6.20 Å². The summed E-state index contributed by atoms with van der Waals surface area (Å²) in [5.74, 6) is -0.550. The predicted molar refractivity (Wildman–Crippen MR) is 65.6 cm³/mol. The van der Waals surface area contributed by atoms with Crippen LogP contribution in [-0.4, -0.2) is 33.0 Å². The fourth-order valence-electron chi connectivity index (χ4n) is 2.49. The average Bonchev–Trinajstić information content (AvgIpc) is 2.64. The van der Waals surface area contributed by atoms with Gasteiger partial charge < -0.3 is 9.84 Å². The van der Waals surface area contributed by atoms with Crippen LogP contribution in [-0.2, 0) is 4.74 Å². The van der Waals surface area contributed by atoms with Crippen LogP contribution >= 0.6 is 0 Å². The third-order valence-corrected chi connectivity index (χ3v) is 3.93. The van der Waals surface area contributed by atoms with E-state index >= 15 is 0 Å². The summed E-state index contributed by atoms with van der Waals surface area (Å²) >= 11 is 0. The molecule has 0 bridgehead atoms. The quantitative estimate of drug-likeness (QED) is 0.822. The number of ether oxygens (including phenoxy) is 1. The maximum Gasteiger partial charge on any atom is 0.330 e. The van der Waals surface area contributed by atoms with Crippen molar-refractivity contribution in [2.45, 2.75) is 38.3 Å². The van der Waals surface area contributed by atoms with Gasteiger partial charge in [-0.05, 0) is 6.42 Å². The smallest absolute Gasteiger partial charge is 0.330 e. The van der Waals surface area contributed by atoms with Gasteiger partial charge in [0, 0.05) is 18.2 Å². The zero-order valence-electron chi connectivity index (χ0n) is 10.8. The summed E-state index contributed by atoms with van der Waals surface area (Å²) in [4.78, 5) is 24.7. The van der Waals surface area contributed by atoms with Gasteiger partial charge in [-0.2, -0.15) is 0 Å². The summed E-state index contributed by atoms with van der Waals surface area (Å²) in [5.41, 5.74) is -2.27. The number of H-pyrrole nitrogens is 1. The Morgan fingerprint density at radius 3 is 2.74 bits per heavy atom. The number of aromatic amines is 1. The van der Waals surface area contributed by atoms with Crippen molar-refractivity contribution in [3.8, 4) is 0 Å². The number of aromatic nitrogens is 2. The Morgan fingerprint density at radius 2 is 2.26 bits per heavy atom. The number of rotatable bonds is 3. The molecular weight excluding hydrogens is 255 g/mol. The molecule has 1 aliphatic heterocycles. The molecule has 0 aliphatic carbocycles. The number of nitrogens with one attached hydrogen (secondary N) is 1. The number of aliphatic hydroxyl groups excluding tert-OH is 1. The van der Waals surface area contributed by atoms with Crippen LogP contribution in [0, 0.1) is 5.92 Å². The Morgan fingerprint density at radius 1 is 1.58 bits per heavy atom. The van der Waals surface area contributed by atoms with E-state index in [0.29, 0.717) is 6.42 Å². The van der Waals surface area contributed by atoms with E-state index in [9.17, 15) is 19.1 Å². The van der Waals surface area contributed by atoms with E-state index in [1.54, 1.807) is 13.8 Å². The highest BCUT2D eigenvalue weighted by Crippen LogP contribution is 2.44. The first kappa shape index (κ1) is 14.0. The Balaban J connectivity index is 2.42. The van der Waals surface area contributed by atoms with Gasteiger partial charge in [0.25, 0.3) is 5.56 Å². The van der Waals surface area contributed by atoms with Crippen molar-refractivity contribution >= 4 is 0 Å². The molecule has 0 saturated carbocycles. The van der Waals surface area contributed by atoms with Crippen LogP contribution in [0.25, 0.3) is 0 Å². The fourth-order valence-corrected chi connectivity index (χ4v) is 2.49. The number of hydrogen-bond donors (Lipinski definition) is 2. The number of nitrogens with zero attached hydrogens (tertiary/aromatic N) is 1. The molecule has 0 amide bonds. The number of halogens is 1. The van der Waals surface area contributed by atoms with Gasteiger partial charge in [-0.1, -0.05) is 13.8 Å². The van der Waals surface area contributed by atoms with Crippen LogP contribution in [0.15, 0.2) is 21.9 Å². The molecule has 4 atom stereocenters. The lowest BCUT2D eigenvalue weighted by molar-refractivity contribution is -0.115. The number of aliphatic hydroxyl groups is 1. The Hall–Kier alpha value is -1.47. The van der Waals surface area contributed by atoms with Crippen LogP contribution < -0.4 is 11.2 Å². The Labute approximate surface area is 108 Å². The standard InChI is InChI=1S/C12H17FN2O4/c1-3-12(6-16)7(2)9(13)10(19-12)15-5-4-8(17)14-11(15)18/h4-5,7,9-10,16H,3,6H2,1-2H3,(H,14,17,18)/t7-,9+,10+,12+/m0/s1. The predicted octanol–water partition coefficient (Wildman–Crippen LogP) is 0.181. The SMILES string of the molecule is CC[C@]1(CO)O[C@@H](n2ccc(=O)[nH]c2=O)[C@H](F)[C@@H]1C. The molecule has 19 heavy (non-hydrogen) atoms. The molecule has 1 aliphatic rings. The first-order valence-electron chi connectivity index (χ1n) is 6.19. The Kier molecular flexibility index (Phi) is 3.60. The minimum atomic E-state index is -1.43. The summed E-state index contributed by atoms with van der Waals surface area (Å²) in [6.45, 7) is 3.11. The molecule has 1 aromatic heterocycles. The minimum Gasteiger partial charge on any atom is -0.393 e.